The van der Waals surface area contributed by atoms with Gasteiger partial charge in [0.05, 0.1) is 26.4 Å². The second-order valence-electron chi connectivity index (χ2n) is 5.02. The average Bonchev–Trinajstić information content (AvgIpc) is 2.58. The standard InChI is InChI=1S/C14H19NO3/c15-5-4-14(9-16-10-14)11-2-3-12-13(8-11)18-7-1-6-17-12/h2-3,8H,1,4-7,9-10,15H2. The summed E-state index contributed by atoms with van der Waals surface area (Å²) in [5.74, 6) is 1.70. The van der Waals surface area contributed by atoms with Gasteiger partial charge in [-0.1, -0.05) is 6.07 Å². The fourth-order valence-corrected chi connectivity index (χ4v) is 2.57. The molecule has 4 nitrogen and oxygen atoms in total. The van der Waals surface area contributed by atoms with Crippen molar-refractivity contribution in [2.24, 2.45) is 5.73 Å². The van der Waals surface area contributed by atoms with Crippen LogP contribution in [0.2, 0.25) is 0 Å². The molecule has 4 heteroatoms. The Balaban J connectivity index is 1.91. The van der Waals surface area contributed by atoms with Crippen molar-refractivity contribution in [3.05, 3.63) is 23.8 Å². The molecule has 0 bridgehead atoms. The quantitative estimate of drug-likeness (QED) is 0.881. The first-order chi connectivity index (χ1) is 8.84. The highest BCUT2D eigenvalue weighted by Gasteiger charge is 2.40. The summed E-state index contributed by atoms with van der Waals surface area (Å²) in [5, 5.41) is 0. The highest BCUT2D eigenvalue weighted by molar-refractivity contribution is 5.46. The second kappa shape index (κ2) is 4.78. The first-order valence-corrected chi connectivity index (χ1v) is 6.52. The Morgan fingerprint density at radius 2 is 1.89 bits per heavy atom. The van der Waals surface area contributed by atoms with E-state index in [0.29, 0.717) is 6.54 Å². The molecule has 3 rings (SSSR count). The predicted octanol–water partition coefficient (Wildman–Crippen LogP) is 1.46. The fraction of sp³-hybridized carbons (Fsp3) is 0.571. The van der Waals surface area contributed by atoms with Gasteiger partial charge in [0, 0.05) is 11.8 Å². The maximum Gasteiger partial charge on any atom is 0.161 e. The van der Waals surface area contributed by atoms with E-state index in [1.165, 1.54) is 5.56 Å². The third-order valence-electron chi connectivity index (χ3n) is 3.74. The van der Waals surface area contributed by atoms with Gasteiger partial charge in [0.1, 0.15) is 0 Å². The molecule has 18 heavy (non-hydrogen) atoms. The van der Waals surface area contributed by atoms with Crippen LogP contribution in [0.3, 0.4) is 0 Å². The molecule has 0 amide bonds. The summed E-state index contributed by atoms with van der Waals surface area (Å²) < 4.78 is 16.8. The van der Waals surface area contributed by atoms with E-state index >= 15 is 0 Å². The van der Waals surface area contributed by atoms with Crippen molar-refractivity contribution in [3.63, 3.8) is 0 Å². The smallest absolute Gasteiger partial charge is 0.161 e. The van der Waals surface area contributed by atoms with Crippen LogP contribution in [0.1, 0.15) is 18.4 Å². The molecule has 1 aromatic rings. The van der Waals surface area contributed by atoms with Crippen molar-refractivity contribution in [3.8, 4) is 11.5 Å². The molecular formula is C14H19NO3. The number of nitrogens with two attached hydrogens (primary N) is 1. The van der Waals surface area contributed by atoms with Gasteiger partial charge >= 0.3 is 0 Å². The Kier molecular flexibility index (Phi) is 3.14. The van der Waals surface area contributed by atoms with Crippen LogP contribution < -0.4 is 15.2 Å². The molecule has 0 aromatic heterocycles. The second-order valence-corrected chi connectivity index (χ2v) is 5.02. The van der Waals surface area contributed by atoms with Crippen LogP contribution in [0.5, 0.6) is 11.5 Å². The molecule has 1 saturated heterocycles. The number of rotatable bonds is 3. The molecule has 0 aliphatic carbocycles. The first kappa shape index (κ1) is 11.8. The van der Waals surface area contributed by atoms with Crippen molar-refractivity contribution in [2.75, 3.05) is 33.0 Å². The lowest BCUT2D eigenvalue weighted by atomic mass is 9.76. The molecule has 2 heterocycles. The molecule has 0 atom stereocenters. The van der Waals surface area contributed by atoms with Crippen LogP contribution in [0.15, 0.2) is 18.2 Å². The van der Waals surface area contributed by atoms with Gasteiger partial charge in [-0.15, -0.1) is 0 Å². The van der Waals surface area contributed by atoms with Crippen molar-refractivity contribution < 1.29 is 14.2 Å². The van der Waals surface area contributed by atoms with E-state index in [2.05, 4.69) is 12.1 Å². The maximum atomic E-state index is 5.73. The molecule has 2 N–H and O–H groups in total. The van der Waals surface area contributed by atoms with Gasteiger partial charge in [0.15, 0.2) is 11.5 Å². The highest BCUT2D eigenvalue weighted by Crippen LogP contribution is 2.40. The van der Waals surface area contributed by atoms with E-state index in [1.807, 2.05) is 6.07 Å². The maximum absolute atomic E-state index is 5.73. The first-order valence-electron chi connectivity index (χ1n) is 6.52. The zero-order valence-corrected chi connectivity index (χ0v) is 10.5. The van der Waals surface area contributed by atoms with Crippen molar-refractivity contribution in [2.45, 2.75) is 18.3 Å². The van der Waals surface area contributed by atoms with Crippen molar-refractivity contribution >= 4 is 0 Å². The number of ether oxygens (including phenoxy) is 3. The van der Waals surface area contributed by atoms with E-state index in [1.54, 1.807) is 0 Å². The molecule has 0 spiro atoms. The minimum Gasteiger partial charge on any atom is -0.490 e. The van der Waals surface area contributed by atoms with E-state index in [4.69, 9.17) is 19.9 Å². The summed E-state index contributed by atoms with van der Waals surface area (Å²) in [5.41, 5.74) is 7.05. The van der Waals surface area contributed by atoms with E-state index in [-0.39, 0.29) is 5.41 Å². The summed E-state index contributed by atoms with van der Waals surface area (Å²) in [7, 11) is 0. The number of hydrogen-bond donors (Lipinski definition) is 1. The zero-order chi connectivity index (χ0) is 12.4. The highest BCUT2D eigenvalue weighted by atomic mass is 16.5. The molecule has 1 fully saturated rings. The summed E-state index contributed by atoms with van der Waals surface area (Å²) in [6.45, 7) is 3.63. The lowest BCUT2D eigenvalue weighted by Crippen LogP contribution is -2.48. The van der Waals surface area contributed by atoms with E-state index < -0.39 is 0 Å². The molecule has 0 unspecified atom stereocenters. The molecular weight excluding hydrogens is 230 g/mol. The van der Waals surface area contributed by atoms with Crippen LogP contribution in [-0.2, 0) is 10.2 Å². The normalized spacial score (nSPS) is 20.9. The minimum absolute atomic E-state index is 0.0828. The fourth-order valence-electron chi connectivity index (χ4n) is 2.57. The zero-order valence-electron chi connectivity index (χ0n) is 10.5. The van der Waals surface area contributed by atoms with Gasteiger partial charge in [0.25, 0.3) is 0 Å². The monoisotopic (exact) mass is 249 g/mol. The molecule has 0 saturated carbocycles. The third kappa shape index (κ3) is 1.95. The van der Waals surface area contributed by atoms with Crippen LogP contribution in [-0.4, -0.2) is 33.0 Å². The predicted molar refractivity (Wildman–Crippen MR) is 68.2 cm³/mol. The molecule has 0 radical (unpaired) electrons. The summed E-state index contributed by atoms with van der Waals surface area (Å²) >= 11 is 0. The van der Waals surface area contributed by atoms with Gasteiger partial charge in [0.2, 0.25) is 0 Å². The van der Waals surface area contributed by atoms with Crippen LogP contribution in [0, 0.1) is 0 Å². The lowest BCUT2D eigenvalue weighted by molar-refractivity contribution is -0.0631. The average molecular weight is 249 g/mol. The van der Waals surface area contributed by atoms with E-state index in [9.17, 15) is 0 Å². The van der Waals surface area contributed by atoms with Gasteiger partial charge in [-0.25, -0.2) is 0 Å². The van der Waals surface area contributed by atoms with Crippen molar-refractivity contribution in [1.82, 2.24) is 0 Å². The summed E-state index contributed by atoms with van der Waals surface area (Å²) in [4.78, 5) is 0. The lowest BCUT2D eigenvalue weighted by Gasteiger charge is -2.42. The third-order valence-corrected chi connectivity index (χ3v) is 3.74. The van der Waals surface area contributed by atoms with Crippen LogP contribution in [0.25, 0.3) is 0 Å². The topological polar surface area (TPSA) is 53.7 Å². The van der Waals surface area contributed by atoms with Gasteiger partial charge < -0.3 is 19.9 Å². The number of benzene rings is 1. The minimum atomic E-state index is 0.0828. The molecule has 2 aliphatic rings. The largest absolute Gasteiger partial charge is 0.490 e. The molecule has 98 valence electrons. The SMILES string of the molecule is NCCC1(c2ccc3c(c2)OCCCO3)COC1. The Morgan fingerprint density at radius 1 is 1.11 bits per heavy atom. The number of fused-ring (bicyclic) bond motifs is 1. The molecule has 2 aliphatic heterocycles. The van der Waals surface area contributed by atoms with Crippen LogP contribution in [0.4, 0.5) is 0 Å². The van der Waals surface area contributed by atoms with Gasteiger partial charge in [-0.2, -0.15) is 0 Å². The van der Waals surface area contributed by atoms with Crippen molar-refractivity contribution in [1.29, 1.82) is 0 Å². The Morgan fingerprint density at radius 3 is 2.56 bits per heavy atom. The van der Waals surface area contributed by atoms with Gasteiger partial charge in [-0.05, 0) is 30.7 Å². The Bertz CT molecular complexity index is 429. The van der Waals surface area contributed by atoms with E-state index in [0.717, 1.165) is 50.8 Å². The Labute approximate surface area is 107 Å². The molecule has 1 aromatic carbocycles. The van der Waals surface area contributed by atoms with Crippen LogP contribution >= 0.6 is 0 Å². The Hall–Kier alpha value is -1.26. The van der Waals surface area contributed by atoms with Gasteiger partial charge in [-0.3, -0.25) is 0 Å². The summed E-state index contributed by atoms with van der Waals surface area (Å²) in [6.07, 6.45) is 1.88. The number of hydrogen-bond acceptors (Lipinski definition) is 4. The summed E-state index contributed by atoms with van der Waals surface area (Å²) in [6, 6.07) is 6.22.